The minimum atomic E-state index is -0.804. The fourth-order valence-corrected chi connectivity index (χ4v) is 4.10. The number of hydrogen-bond donors (Lipinski definition) is 2. The number of ether oxygens (including phenoxy) is 1. The number of nitrogens with zero attached hydrogens (tertiary/aromatic N) is 2. The van der Waals surface area contributed by atoms with Crippen molar-refractivity contribution in [3.05, 3.63) is 59.3 Å². The largest absolute Gasteiger partial charge is 0.480 e. The highest BCUT2D eigenvalue weighted by Crippen LogP contribution is 2.27. The van der Waals surface area contributed by atoms with Crippen LogP contribution in [0.1, 0.15) is 42.1 Å². The number of rotatable bonds is 9. The first-order valence-corrected chi connectivity index (χ1v) is 10.6. The summed E-state index contributed by atoms with van der Waals surface area (Å²) in [5.41, 5.74) is 3.29. The zero-order chi connectivity index (χ0) is 20.1. The summed E-state index contributed by atoms with van der Waals surface area (Å²) in [5.74, 6) is 0.257. The molecule has 6 nitrogen and oxygen atoms in total. The van der Waals surface area contributed by atoms with Gasteiger partial charge in [-0.2, -0.15) is 0 Å². The third kappa shape index (κ3) is 4.95. The fraction of sp³-hybridized carbons (Fsp3) is 0.478. The molecule has 0 bridgehead atoms. The molecule has 2 aliphatic rings. The summed E-state index contributed by atoms with van der Waals surface area (Å²) in [4.78, 5) is 18.4. The topological polar surface area (TPSA) is 74.7 Å². The second kappa shape index (κ2) is 9.37. The van der Waals surface area contributed by atoms with Crippen LogP contribution in [-0.2, 0) is 22.4 Å². The van der Waals surface area contributed by atoms with E-state index in [-0.39, 0.29) is 6.10 Å². The molecule has 1 fully saturated rings. The number of aromatic nitrogens is 1. The number of carbonyl (C=O) groups is 1. The van der Waals surface area contributed by atoms with Gasteiger partial charge in [-0.05, 0) is 49.3 Å². The van der Waals surface area contributed by atoms with Crippen molar-refractivity contribution in [2.45, 2.75) is 44.2 Å². The molecule has 0 aliphatic carbocycles. The number of anilines is 1. The number of benzene rings is 1. The van der Waals surface area contributed by atoms with E-state index in [4.69, 9.17) is 9.72 Å². The van der Waals surface area contributed by atoms with Crippen molar-refractivity contribution >= 4 is 11.8 Å². The van der Waals surface area contributed by atoms with Crippen LogP contribution in [0.2, 0.25) is 0 Å². The van der Waals surface area contributed by atoms with Crippen molar-refractivity contribution in [1.29, 1.82) is 0 Å². The number of unbranched alkanes of at least 4 members (excludes halogenated alkanes) is 1. The molecule has 2 aromatic rings. The number of likely N-dealkylation sites (tertiary alicyclic amines) is 1. The van der Waals surface area contributed by atoms with Gasteiger partial charge >= 0.3 is 5.97 Å². The minimum absolute atomic E-state index is 0.131. The van der Waals surface area contributed by atoms with Crippen LogP contribution in [-0.4, -0.2) is 53.3 Å². The molecule has 0 amide bonds. The first-order valence-electron chi connectivity index (χ1n) is 10.6. The summed E-state index contributed by atoms with van der Waals surface area (Å²) in [6.45, 7) is 3.07. The Labute approximate surface area is 171 Å². The molecule has 0 saturated carbocycles. The Bertz CT molecular complexity index is 821. The van der Waals surface area contributed by atoms with Crippen molar-refractivity contribution in [1.82, 2.24) is 9.88 Å². The van der Waals surface area contributed by atoms with Crippen molar-refractivity contribution in [2.24, 2.45) is 0 Å². The number of carboxylic acids is 1. The zero-order valence-electron chi connectivity index (χ0n) is 16.7. The zero-order valence-corrected chi connectivity index (χ0v) is 16.7. The van der Waals surface area contributed by atoms with Crippen molar-refractivity contribution < 1.29 is 14.6 Å². The molecule has 1 saturated heterocycles. The number of carboxylic acid groups (broad SMARTS) is 1. The van der Waals surface area contributed by atoms with Crippen molar-refractivity contribution in [2.75, 3.05) is 31.6 Å². The van der Waals surface area contributed by atoms with Crippen LogP contribution in [0.3, 0.4) is 0 Å². The average Bonchev–Trinajstić information content (AvgIpc) is 2.71. The van der Waals surface area contributed by atoms with E-state index in [9.17, 15) is 9.90 Å². The Balaban J connectivity index is 1.15. The van der Waals surface area contributed by atoms with E-state index in [1.54, 1.807) is 0 Å². The van der Waals surface area contributed by atoms with Gasteiger partial charge in [-0.1, -0.05) is 36.4 Å². The molecule has 1 atom stereocenters. The molecular formula is C23H29N3O3. The van der Waals surface area contributed by atoms with Crippen LogP contribution in [0.4, 0.5) is 5.82 Å². The van der Waals surface area contributed by atoms with Crippen molar-refractivity contribution in [3.63, 3.8) is 0 Å². The highest BCUT2D eigenvalue weighted by Gasteiger charge is 2.37. The number of aryl methyl sites for hydroxylation is 2. The summed E-state index contributed by atoms with van der Waals surface area (Å²) < 4.78 is 5.94. The summed E-state index contributed by atoms with van der Waals surface area (Å²) in [6, 6.07) is 13.2. The van der Waals surface area contributed by atoms with Crippen LogP contribution in [0, 0.1) is 0 Å². The molecule has 6 heteroatoms. The monoisotopic (exact) mass is 395 g/mol. The Morgan fingerprint density at radius 2 is 2.03 bits per heavy atom. The maximum atomic E-state index is 11.7. The average molecular weight is 396 g/mol. The van der Waals surface area contributed by atoms with E-state index >= 15 is 0 Å². The molecule has 2 N–H and O–H groups in total. The normalized spacial score (nSPS) is 17.8. The van der Waals surface area contributed by atoms with E-state index in [1.807, 2.05) is 35.2 Å². The molecule has 29 heavy (non-hydrogen) atoms. The Morgan fingerprint density at radius 1 is 1.21 bits per heavy atom. The van der Waals surface area contributed by atoms with E-state index in [1.165, 1.54) is 12.0 Å². The van der Waals surface area contributed by atoms with Crippen LogP contribution in [0.5, 0.6) is 0 Å². The van der Waals surface area contributed by atoms with E-state index in [0.29, 0.717) is 19.7 Å². The lowest BCUT2D eigenvalue weighted by atomic mass is 10.0. The lowest BCUT2D eigenvalue weighted by Gasteiger charge is -2.42. The summed E-state index contributed by atoms with van der Waals surface area (Å²) in [7, 11) is 0. The van der Waals surface area contributed by atoms with Gasteiger partial charge in [-0.15, -0.1) is 0 Å². The lowest BCUT2D eigenvalue weighted by Crippen LogP contribution is -2.55. The smallest absolute Gasteiger partial charge is 0.325 e. The van der Waals surface area contributed by atoms with E-state index in [2.05, 4.69) is 17.4 Å². The molecule has 1 aromatic heterocycles. The lowest BCUT2D eigenvalue weighted by molar-refractivity contribution is -0.150. The SMILES string of the molecule is O=C(O)[C@@H](c1ccccc1)N1CC(OCCCCc2ccc3c(n2)NCCC3)C1. The quantitative estimate of drug-likeness (QED) is 0.635. The summed E-state index contributed by atoms with van der Waals surface area (Å²) in [5, 5.41) is 13.0. The number of fused-ring (bicyclic) bond motifs is 1. The maximum Gasteiger partial charge on any atom is 0.325 e. The van der Waals surface area contributed by atoms with Crippen LogP contribution >= 0.6 is 0 Å². The van der Waals surface area contributed by atoms with Crippen LogP contribution in [0.25, 0.3) is 0 Å². The molecular weight excluding hydrogens is 366 g/mol. The van der Waals surface area contributed by atoms with Gasteiger partial charge in [0.1, 0.15) is 11.9 Å². The Hall–Kier alpha value is -2.44. The highest BCUT2D eigenvalue weighted by atomic mass is 16.5. The van der Waals surface area contributed by atoms with E-state index in [0.717, 1.165) is 49.3 Å². The van der Waals surface area contributed by atoms with Gasteiger partial charge in [0.05, 0.1) is 6.10 Å². The van der Waals surface area contributed by atoms with Gasteiger partial charge in [0.15, 0.2) is 0 Å². The summed E-state index contributed by atoms with van der Waals surface area (Å²) in [6.07, 6.45) is 5.43. The summed E-state index contributed by atoms with van der Waals surface area (Å²) >= 11 is 0. The second-order valence-corrected chi connectivity index (χ2v) is 7.90. The minimum Gasteiger partial charge on any atom is -0.480 e. The predicted molar refractivity (Wildman–Crippen MR) is 112 cm³/mol. The molecule has 3 heterocycles. The second-order valence-electron chi connectivity index (χ2n) is 7.90. The molecule has 0 radical (unpaired) electrons. The van der Waals surface area contributed by atoms with Gasteiger partial charge in [-0.3, -0.25) is 9.69 Å². The molecule has 0 unspecified atom stereocenters. The van der Waals surface area contributed by atoms with Gasteiger partial charge in [0.25, 0.3) is 0 Å². The van der Waals surface area contributed by atoms with Gasteiger partial charge in [-0.25, -0.2) is 4.98 Å². The first kappa shape index (κ1) is 19.9. The molecule has 154 valence electrons. The Kier molecular flexibility index (Phi) is 6.42. The van der Waals surface area contributed by atoms with Crippen LogP contribution < -0.4 is 5.32 Å². The third-order valence-electron chi connectivity index (χ3n) is 5.72. The number of aliphatic carboxylic acids is 1. The number of nitrogens with one attached hydrogen (secondary N) is 1. The molecule has 1 aromatic carbocycles. The van der Waals surface area contributed by atoms with Gasteiger partial charge < -0.3 is 15.2 Å². The fourth-order valence-electron chi connectivity index (χ4n) is 4.10. The van der Waals surface area contributed by atoms with Crippen molar-refractivity contribution in [3.8, 4) is 0 Å². The van der Waals surface area contributed by atoms with Crippen LogP contribution in [0.15, 0.2) is 42.5 Å². The first-order chi connectivity index (χ1) is 14.2. The molecule has 2 aliphatic heterocycles. The van der Waals surface area contributed by atoms with E-state index < -0.39 is 12.0 Å². The maximum absolute atomic E-state index is 11.7. The number of hydrogen-bond acceptors (Lipinski definition) is 5. The number of pyridine rings is 1. The molecule has 0 spiro atoms. The Morgan fingerprint density at radius 3 is 2.83 bits per heavy atom. The van der Waals surface area contributed by atoms with Gasteiger partial charge in [0, 0.05) is 31.9 Å². The van der Waals surface area contributed by atoms with Gasteiger partial charge in [0.2, 0.25) is 0 Å². The standard InChI is InChI=1S/C23H29N3O3/c27-23(28)21(17-7-2-1-3-8-17)26-15-20(16-26)29-14-5-4-10-19-12-11-18-9-6-13-24-22(18)25-19/h1-3,7-8,11-12,20-21H,4-6,9-10,13-16H2,(H,24,25)(H,27,28)/t21-/m1/s1. The third-order valence-corrected chi connectivity index (χ3v) is 5.72. The molecule has 4 rings (SSSR count). The predicted octanol–water partition coefficient (Wildman–Crippen LogP) is 3.29. The highest BCUT2D eigenvalue weighted by molar-refractivity contribution is 5.75.